The third-order valence-corrected chi connectivity index (χ3v) is 1.32. The molecule has 0 bridgehead atoms. The molecule has 0 amide bonds. The van der Waals surface area contributed by atoms with Crippen molar-refractivity contribution in [2.75, 3.05) is 6.54 Å². The summed E-state index contributed by atoms with van der Waals surface area (Å²) in [4.78, 5) is 11.1. The van der Waals surface area contributed by atoms with E-state index in [1.807, 2.05) is 0 Å². The Bertz CT molecular complexity index is 163. The predicted octanol–water partition coefficient (Wildman–Crippen LogP) is 0.428. The van der Waals surface area contributed by atoms with E-state index in [9.17, 15) is 9.90 Å². The normalized spacial score (nSPS) is 13.9. The van der Waals surface area contributed by atoms with E-state index >= 15 is 0 Å². The smallest absolute Gasteiger partial charge is 0.308 e. The molecule has 3 N–H and O–H groups in total. The summed E-state index contributed by atoms with van der Waals surface area (Å²) < 4.78 is 5.01. The van der Waals surface area contributed by atoms with Crippen LogP contribution in [0.4, 0.5) is 0 Å². The molecule has 4 heteroatoms. The molecule has 4 nitrogen and oxygen atoms in total. The van der Waals surface area contributed by atoms with E-state index in [0.29, 0.717) is 13.0 Å². The molecular weight excluding hydrogens is 170 g/mol. The van der Waals surface area contributed by atoms with E-state index in [4.69, 9.17) is 10.5 Å². The maximum absolute atomic E-state index is 11.1. The van der Waals surface area contributed by atoms with Gasteiger partial charge in [-0.2, -0.15) is 0 Å². The van der Waals surface area contributed by atoms with Crippen LogP contribution in [-0.4, -0.2) is 29.3 Å². The van der Waals surface area contributed by atoms with Crippen molar-refractivity contribution in [2.45, 2.75) is 45.3 Å². The van der Waals surface area contributed by atoms with Crippen molar-refractivity contribution in [3.05, 3.63) is 0 Å². The molecule has 0 aliphatic carbocycles. The predicted molar refractivity (Wildman–Crippen MR) is 50.1 cm³/mol. The van der Waals surface area contributed by atoms with Crippen molar-refractivity contribution in [3.63, 3.8) is 0 Å². The van der Waals surface area contributed by atoms with Gasteiger partial charge in [-0.05, 0) is 33.7 Å². The Balaban J connectivity index is 3.74. The van der Waals surface area contributed by atoms with Crippen LogP contribution in [0.25, 0.3) is 0 Å². The van der Waals surface area contributed by atoms with Gasteiger partial charge in [-0.3, -0.25) is 4.79 Å². The first-order valence-corrected chi connectivity index (χ1v) is 4.45. The van der Waals surface area contributed by atoms with E-state index < -0.39 is 11.7 Å². The van der Waals surface area contributed by atoms with Crippen LogP contribution in [0.2, 0.25) is 0 Å². The maximum atomic E-state index is 11.1. The zero-order valence-corrected chi connectivity index (χ0v) is 8.54. The fraction of sp³-hybridized carbons (Fsp3) is 0.889. The molecule has 0 spiro atoms. The molecule has 0 radical (unpaired) electrons. The molecule has 0 aliphatic rings. The Kier molecular flexibility index (Phi) is 4.95. The molecule has 13 heavy (non-hydrogen) atoms. The Morgan fingerprint density at radius 2 is 2.08 bits per heavy atom. The molecule has 78 valence electrons. The van der Waals surface area contributed by atoms with Gasteiger partial charge >= 0.3 is 5.97 Å². The van der Waals surface area contributed by atoms with E-state index in [-0.39, 0.29) is 12.4 Å². The SMILES string of the molecule is CC(C)(C)OC(=O)C[C@@H](O)CCN. The van der Waals surface area contributed by atoms with Crippen LogP contribution in [0.5, 0.6) is 0 Å². The lowest BCUT2D eigenvalue weighted by molar-refractivity contribution is -0.157. The first kappa shape index (κ1) is 12.4. The van der Waals surface area contributed by atoms with Gasteiger partial charge in [-0.15, -0.1) is 0 Å². The monoisotopic (exact) mass is 189 g/mol. The van der Waals surface area contributed by atoms with Crippen LogP contribution in [0.15, 0.2) is 0 Å². The van der Waals surface area contributed by atoms with Crippen molar-refractivity contribution < 1.29 is 14.6 Å². The van der Waals surface area contributed by atoms with Gasteiger partial charge in [0.1, 0.15) is 5.60 Å². The Labute approximate surface area is 79.1 Å². The summed E-state index contributed by atoms with van der Waals surface area (Å²) in [7, 11) is 0. The highest BCUT2D eigenvalue weighted by Gasteiger charge is 2.18. The van der Waals surface area contributed by atoms with Crippen molar-refractivity contribution >= 4 is 5.97 Å². The molecule has 1 atom stereocenters. The van der Waals surface area contributed by atoms with Crippen molar-refractivity contribution in [3.8, 4) is 0 Å². The average molecular weight is 189 g/mol. The molecule has 0 aromatic carbocycles. The third kappa shape index (κ3) is 7.74. The Morgan fingerprint density at radius 3 is 2.46 bits per heavy atom. The van der Waals surface area contributed by atoms with Gasteiger partial charge in [0.05, 0.1) is 12.5 Å². The quantitative estimate of drug-likeness (QED) is 0.629. The second kappa shape index (κ2) is 5.19. The molecule has 0 rings (SSSR count). The van der Waals surface area contributed by atoms with Crippen LogP contribution in [0.1, 0.15) is 33.6 Å². The topological polar surface area (TPSA) is 72.5 Å². The minimum atomic E-state index is -0.681. The van der Waals surface area contributed by atoms with Crippen LogP contribution < -0.4 is 5.73 Å². The zero-order valence-electron chi connectivity index (χ0n) is 8.54. The number of carbonyl (C=O) groups is 1. The number of rotatable bonds is 4. The van der Waals surface area contributed by atoms with Gasteiger partial charge in [0.25, 0.3) is 0 Å². The second-order valence-electron chi connectivity index (χ2n) is 4.02. The van der Waals surface area contributed by atoms with Crippen molar-refractivity contribution in [1.29, 1.82) is 0 Å². The molecular formula is C9H19NO3. The van der Waals surface area contributed by atoms with E-state index in [1.54, 1.807) is 20.8 Å². The number of ether oxygens (including phenoxy) is 1. The summed E-state index contributed by atoms with van der Waals surface area (Å²) in [6.45, 7) is 5.75. The lowest BCUT2D eigenvalue weighted by atomic mass is 10.1. The fourth-order valence-corrected chi connectivity index (χ4v) is 0.870. The number of hydrogen-bond acceptors (Lipinski definition) is 4. The summed E-state index contributed by atoms with van der Waals surface area (Å²) in [5.41, 5.74) is 4.73. The van der Waals surface area contributed by atoms with Crippen LogP contribution in [0, 0.1) is 0 Å². The Morgan fingerprint density at radius 1 is 1.54 bits per heavy atom. The Hall–Kier alpha value is -0.610. The molecule has 0 aromatic heterocycles. The lowest BCUT2D eigenvalue weighted by Crippen LogP contribution is -2.27. The van der Waals surface area contributed by atoms with Gasteiger partial charge in [-0.1, -0.05) is 0 Å². The highest BCUT2D eigenvalue weighted by molar-refractivity contribution is 5.70. The van der Waals surface area contributed by atoms with Crippen LogP contribution in [0.3, 0.4) is 0 Å². The lowest BCUT2D eigenvalue weighted by Gasteiger charge is -2.20. The van der Waals surface area contributed by atoms with Gasteiger partial charge in [0.2, 0.25) is 0 Å². The molecule has 0 fully saturated rings. The number of aliphatic hydroxyl groups is 1. The van der Waals surface area contributed by atoms with Crippen molar-refractivity contribution in [1.82, 2.24) is 0 Å². The first-order valence-electron chi connectivity index (χ1n) is 4.45. The van der Waals surface area contributed by atoms with E-state index in [1.165, 1.54) is 0 Å². The van der Waals surface area contributed by atoms with Gasteiger partial charge in [-0.25, -0.2) is 0 Å². The minimum absolute atomic E-state index is 0.0223. The van der Waals surface area contributed by atoms with Crippen molar-refractivity contribution in [2.24, 2.45) is 5.73 Å². The number of nitrogens with two attached hydrogens (primary N) is 1. The van der Waals surface area contributed by atoms with Gasteiger partial charge in [0, 0.05) is 0 Å². The minimum Gasteiger partial charge on any atom is -0.460 e. The van der Waals surface area contributed by atoms with Crippen LogP contribution >= 0.6 is 0 Å². The second-order valence-corrected chi connectivity index (χ2v) is 4.02. The van der Waals surface area contributed by atoms with E-state index in [2.05, 4.69) is 0 Å². The van der Waals surface area contributed by atoms with Crippen LogP contribution in [-0.2, 0) is 9.53 Å². The first-order chi connectivity index (χ1) is 5.85. The fourth-order valence-electron chi connectivity index (χ4n) is 0.870. The molecule has 0 heterocycles. The maximum Gasteiger partial charge on any atom is 0.308 e. The number of carbonyl (C=O) groups excluding carboxylic acids is 1. The zero-order chi connectivity index (χ0) is 10.5. The molecule has 0 aliphatic heterocycles. The van der Waals surface area contributed by atoms with E-state index in [0.717, 1.165) is 0 Å². The standard InChI is InChI=1S/C9H19NO3/c1-9(2,3)13-8(12)6-7(11)4-5-10/h7,11H,4-6,10H2,1-3H3/t7-/m0/s1. The molecule has 0 saturated heterocycles. The highest BCUT2D eigenvalue weighted by Crippen LogP contribution is 2.09. The number of esters is 1. The molecule has 0 aromatic rings. The van der Waals surface area contributed by atoms with Gasteiger partial charge in [0.15, 0.2) is 0 Å². The average Bonchev–Trinajstić information content (AvgIpc) is 1.81. The summed E-state index contributed by atoms with van der Waals surface area (Å²) in [5.74, 6) is -0.381. The third-order valence-electron chi connectivity index (χ3n) is 1.32. The summed E-state index contributed by atoms with van der Waals surface area (Å²) >= 11 is 0. The summed E-state index contributed by atoms with van der Waals surface area (Å²) in [6, 6.07) is 0. The molecule has 0 saturated carbocycles. The molecule has 0 unspecified atom stereocenters. The summed E-state index contributed by atoms with van der Waals surface area (Å²) in [6.07, 6.45) is -0.229. The summed E-state index contributed by atoms with van der Waals surface area (Å²) in [5, 5.41) is 9.24. The largest absolute Gasteiger partial charge is 0.460 e. The number of hydrogen-bond donors (Lipinski definition) is 2. The highest BCUT2D eigenvalue weighted by atomic mass is 16.6. The number of aliphatic hydroxyl groups excluding tert-OH is 1. The van der Waals surface area contributed by atoms with Gasteiger partial charge < -0.3 is 15.6 Å².